The number of nitrogens with one attached hydrogen (secondary N) is 1. The number of hydrogen-bond donors (Lipinski definition) is 1. The second-order valence-corrected chi connectivity index (χ2v) is 18.6. The van der Waals surface area contributed by atoms with Crippen LogP contribution in [0, 0.1) is 11.6 Å². The summed E-state index contributed by atoms with van der Waals surface area (Å²) in [4.78, 5) is 22.7. The van der Waals surface area contributed by atoms with Crippen molar-refractivity contribution in [2.75, 3.05) is 20.5 Å². The fourth-order valence-electron chi connectivity index (χ4n) is 5.34. The standard InChI is InChI=1S/C19H15F4NO3S2.C11H11NO3S2.C9H8F4/c1-2-29(26,27)24(10-12-7-8-16(20)15(9-12)19(21,22)23)18-14(11-25)13-5-3-4-6-17(13)28-18;1-2-17(14,15)12-11-9(7-13)8-5-3-4-6-10(8)16-11;1-2-6-3-4-8(10)7(5-6)9(11,12)13/h3-9,11H,2,10H2,1H3;3-7,12H,2H2,1H3;3-5H,2H2,1H3/i20-1;;10-1. The number of alkyl halides is 6. The highest BCUT2D eigenvalue weighted by Crippen LogP contribution is 2.40. The van der Waals surface area contributed by atoms with Gasteiger partial charge in [-0.1, -0.05) is 55.5 Å². The van der Waals surface area contributed by atoms with Crippen molar-refractivity contribution in [3.63, 3.8) is 0 Å². The highest BCUT2D eigenvalue weighted by Gasteiger charge is 2.36. The largest absolute Gasteiger partial charge is 0.419 e. The van der Waals surface area contributed by atoms with Crippen molar-refractivity contribution in [1.82, 2.24) is 0 Å². The monoisotopic (exact) mass is 904 g/mol. The minimum Gasteiger partial charge on any atom is -0.298 e. The molecule has 0 aliphatic heterocycles. The molecule has 0 aliphatic carbocycles. The first-order valence-electron chi connectivity index (χ1n) is 17.3. The van der Waals surface area contributed by atoms with Gasteiger partial charge in [0.2, 0.25) is 20.0 Å². The van der Waals surface area contributed by atoms with E-state index in [1.807, 2.05) is 18.2 Å². The van der Waals surface area contributed by atoms with Crippen LogP contribution in [0.3, 0.4) is 0 Å². The topological polar surface area (TPSA) is 118 Å². The van der Waals surface area contributed by atoms with Crippen LogP contribution >= 0.6 is 22.7 Å². The van der Waals surface area contributed by atoms with Crippen LogP contribution in [-0.4, -0.2) is 40.9 Å². The summed E-state index contributed by atoms with van der Waals surface area (Å²) in [7, 11) is -7.29. The lowest BCUT2D eigenvalue weighted by Gasteiger charge is -2.23. The third kappa shape index (κ3) is 11.4. The molecule has 316 valence electrons. The molecule has 59 heavy (non-hydrogen) atoms. The molecule has 0 amide bonds. The van der Waals surface area contributed by atoms with Gasteiger partial charge in [-0.05, 0) is 67.8 Å². The van der Waals surface area contributed by atoms with Crippen molar-refractivity contribution < 1.29 is 61.5 Å². The van der Waals surface area contributed by atoms with Crippen LogP contribution in [0.5, 0.6) is 0 Å². The molecule has 0 saturated carbocycles. The maximum Gasteiger partial charge on any atom is 0.419 e. The highest BCUT2D eigenvalue weighted by atomic mass is 32.2. The first kappa shape index (κ1) is 46.8. The fraction of sp³-hybridized carbons (Fsp3) is 0.231. The quantitative estimate of drug-likeness (QED) is 0.102. The van der Waals surface area contributed by atoms with Crippen LogP contribution in [0.4, 0.5) is 45.1 Å². The van der Waals surface area contributed by atoms with Crippen molar-refractivity contribution in [2.24, 2.45) is 0 Å². The summed E-state index contributed by atoms with van der Waals surface area (Å²) < 4.78 is 155. The number of carbonyl (C=O) groups is 2. The maximum atomic E-state index is 13.6. The molecule has 0 atom stereocenters. The molecule has 6 aromatic rings. The van der Waals surface area contributed by atoms with Crippen LogP contribution in [0.15, 0.2) is 84.9 Å². The van der Waals surface area contributed by atoms with Crippen LogP contribution < -0.4 is 9.03 Å². The van der Waals surface area contributed by atoms with Gasteiger partial charge in [-0.3, -0.25) is 18.6 Å². The van der Waals surface area contributed by atoms with E-state index in [9.17, 15) is 61.5 Å². The molecule has 8 nitrogen and oxygen atoms in total. The Labute approximate surface area is 342 Å². The Balaban J connectivity index is 0.000000216. The number of halogens is 8. The Bertz CT molecular complexity index is 2680. The first-order chi connectivity index (χ1) is 27.6. The third-order valence-electron chi connectivity index (χ3n) is 8.45. The van der Waals surface area contributed by atoms with Gasteiger partial charge in [0, 0.05) is 20.2 Å². The third-order valence-corrected chi connectivity index (χ3v) is 14.0. The van der Waals surface area contributed by atoms with Gasteiger partial charge in [-0.25, -0.2) is 25.6 Å². The summed E-state index contributed by atoms with van der Waals surface area (Å²) in [5.41, 5.74) is -1.69. The minimum atomic E-state index is -4.92. The second kappa shape index (κ2) is 19.0. The van der Waals surface area contributed by atoms with E-state index < -0.39 is 61.7 Å². The number of carbonyl (C=O) groups excluding carboxylic acids is 2. The SMILES string of the molecule is CCS(=O)(=O)N(Cc1ccc([18F])c(C(F)(F)F)c1)c1sc2ccccc2c1C=O.CCS(=O)(=O)Nc1sc2ccccc2c1C=O.CCc1ccc([18F])c(C(F)(F)F)c1. The molecule has 0 bridgehead atoms. The number of nitrogens with zero attached hydrogens (tertiary/aromatic N) is 1. The van der Waals surface area contributed by atoms with Crippen LogP contribution in [0.2, 0.25) is 0 Å². The smallest absolute Gasteiger partial charge is 0.298 e. The molecule has 0 saturated heterocycles. The molecular formula is C39H34F8N2O6S4. The molecule has 0 aliphatic rings. The molecule has 0 radical (unpaired) electrons. The molecule has 0 unspecified atom stereocenters. The van der Waals surface area contributed by atoms with Crippen LogP contribution in [0.1, 0.15) is 63.7 Å². The number of thiophene rings is 2. The number of rotatable bonds is 11. The number of sulfonamides is 2. The molecule has 2 aromatic heterocycles. The molecule has 0 spiro atoms. The van der Waals surface area contributed by atoms with E-state index in [-0.39, 0.29) is 27.6 Å². The average molecular weight is 905 g/mol. The normalized spacial score (nSPS) is 12.0. The van der Waals surface area contributed by atoms with E-state index >= 15 is 0 Å². The van der Waals surface area contributed by atoms with Gasteiger partial charge in [0.1, 0.15) is 21.6 Å². The highest BCUT2D eigenvalue weighted by molar-refractivity contribution is 7.93. The lowest BCUT2D eigenvalue weighted by atomic mass is 10.1. The predicted molar refractivity (Wildman–Crippen MR) is 215 cm³/mol. The van der Waals surface area contributed by atoms with E-state index in [4.69, 9.17) is 0 Å². The lowest BCUT2D eigenvalue weighted by molar-refractivity contribution is -0.140. The Morgan fingerprint density at radius 1 is 0.644 bits per heavy atom. The Morgan fingerprint density at radius 2 is 1.12 bits per heavy atom. The first-order valence-corrected chi connectivity index (χ1v) is 22.2. The molecule has 20 heteroatoms. The number of fused-ring (bicyclic) bond motifs is 2. The van der Waals surface area contributed by atoms with Gasteiger partial charge in [-0.15, -0.1) is 22.7 Å². The Morgan fingerprint density at radius 3 is 1.59 bits per heavy atom. The van der Waals surface area contributed by atoms with Crippen molar-refractivity contribution in [2.45, 2.75) is 46.1 Å². The van der Waals surface area contributed by atoms with Crippen LogP contribution in [0.25, 0.3) is 20.2 Å². The van der Waals surface area contributed by atoms with E-state index in [0.717, 1.165) is 43.9 Å². The molecule has 1 N–H and O–H groups in total. The minimum absolute atomic E-state index is 0.0143. The molecule has 6 rings (SSSR count). The molecular weight excluding hydrogens is 871 g/mol. The molecule has 2 heterocycles. The number of benzene rings is 4. The Kier molecular flexibility index (Phi) is 15.0. The van der Waals surface area contributed by atoms with E-state index in [1.165, 1.54) is 24.3 Å². The van der Waals surface area contributed by atoms with Crippen molar-refractivity contribution in [3.8, 4) is 0 Å². The number of aldehydes is 2. The van der Waals surface area contributed by atoms with Gasteiger partial charge >= 0.3 is 12.4 Å². The van der Waals surface area contributed by atoms with Gasteiger partial charge in [-0.2, -0.15) is 26.3 Å². The van der Waals surface area contributed by atoms with Gasteiger partial charge in [0.15, 0.2) is 12.6 Å². The zero-order valence-electron chi connectivity index (χ0n) is 31.1. The van der Waals surface area contributed by atoms with E-state index in [1.54, 1.807) is 44.2 Å². The van der Waals surface area contributed by atoms with Crippen molar-refractivity contribution in [3.05, 3.63) is 130 Å². The summed E-state index contributed by atoms with van der Waals surface area (Å²) in [5, 5.41) is 1.83. The van der Waals surface area contributed by atoms with Crippen LogP contribution in [-0.2, 0) is 45.4 Å². The summed E-state index contributed by atoms with van der Waals surface area (Å²) >= 11 is 2.32. The lowest BCUT2D eigenvalue weighted by Crippen LogP contribution is -2.32. The summed E-state index contributed by atoms with van der Waals surface area (Å²) in [6, 6.07) is 19.5. The summed E-state index contributed by atoms with van der Waals surface area (Å²) in [5.74, 6) is -3.00. The Hall–Kier alpha value is -4.92. The average Bonchev–Trinajstić information content (AvgIpc) is 3.74. The zero-order valence-corrected chi connectivity index (χ0v) is 34.4. The maximum absolute atomic E-state index is 13.6. The zero-order chi connectivity index (χ0) is 43.9. The van der Waals surface area contributed by atoms with E-state index in [2.05, 4.69) is 4.72 Å². The molecule has 4 aromatic carbocycles. The number of anilines is 2. The second-order valence-electron chi connectivity index (χ2n) is 12.3. The number of aryl methyl sites for hydroxylation is 1. The fourth-order valence-corrected chi connectivity index (χ4v) is 9.88. The van der Waals surface area contributed by atoms with Crippen molar-refractivity contribution >= 4 is 85.5 Å². The van der Waals surface area contributed by atoms with Gasteiger partial charge in [0.05, 0.1) is 40.3 Å². The van der Waals surface area contributed by atoms with E-state index in [0.29, 0.717) is 57.3 Å². The van der Waals surface area contributed by atoms with Crippen molar-refractivity contribution in [1.29, 1.82) is 0 Å². The predicted octanol–water partition coefficient (Wildman–Crippen LogP) is 11.1. The van der Waals surface area contributed by atoms with Gasteiger partial charge in [0.25, 0.3) is 0 Å². The summed E-state index contributed by atoms with van der Waals surface area (Å²) in [6.45, 7) is 4.19. The van der Waals surface area contributed by atoms with Gasteiger partial charge < -0.3 is 0 Å². The number of hydrogen-bond acceptors (Lipinski definition) is 8. The molecule has 0 fully saturated rings. The summed E-state index contributed by atoms with van der Waals surface area (Å²) in [6.07, 6.45) is -7.84.